The molecule has 0 fully saturated rings. The lowest BCUT2D eigenvalue weighted by Crippen LogP contribution is -2.30. The van der Waals surface area contributed by atoms with Crippen molar-refractivity contribution in [3.63, 3.8) is 0 Å². The van der Waals surface area contributed by atoms with Crippen molar-refractivity contribution >= 4 is 17.6 Å². The number of hydrogen-bond donors (Lipinski definition) is 1. The molecule has 1 atom stereocenters. The summed E-state index contributed by atoms with van der Waals surface area (Å²) in [6, 6.07) is 4.14. The van der Waals surface area contributed by atoms with Gasteiger partial charge in [-0.05, 0) is 32.0 Å². The highest BCUT2D eigenvalue weighted by atomic mass is 19.4. The van der Waals surface area contributed by atoms with Crippen molar-refractivity contribution in [2.75, 3.05) is 5.32 Å². The van der Waals surface area contributed by atoms with Gasteiger partial charge in [0.05, 0.1) is 17.5 Å². The lowest BCUT2D eigenvalue weighted by Gasteiger charge is -2.14. The Labute approximate surface area is 141 Å². The third-order valence-corrected chi connectivity index (χ3v) is 3.10. The van der Waals surface area contributed by atoms with Crippen LogP contribution in [0.2, 0.25) is 0 Å². The summed E-state index contributed by atoms with van der Waals surface area (Å²) >= 11 is 0. The van der Waals surface area contributed by atoms with Crippen molar-refractivity contribution in [1.29, 1.82) is 0 Å². The number of carbonyl (C=O) groups excluding carboxylic acids is 2. The molecule has 25 heavy (non-hydrogen) atoms. The van der Waals surface area contributed by atoms with Crippen molar-refractivity contribution in [1.82, 2.24) is 9.97 Å². The van der Waals surface area contributed by atoms with Crippen molar-refractivity contribution in [2.45, 2.75) is 26.1 Å². The minimum atomic E-state index is -4.52. The zero-order chi connectivity index (χ0) is 18.6. The fourth-order valence-electron chi connectivity index (χ4n) is 1.79. The molecule has 0 aliphatic carbocycles. The van der Waals surface area contributed by atoms with Crippen LogP contribution in [0.25, 0.3) is 0 Å². The molecule has 0 bridgehead atoms. The summed E-state index contributed by atoms with van der Waals surface area (Å²) < 4.78 is 42.9. The molecule has 0 saturated carbocycles. The van der Waals surface area contributed by atoms with E-state index in [4.69, 9.17) is 4.74 Å². The highest BCUT2D eigenvalue weighted by Crippen LogP contribution is 2.30. The van der Waals surface area contributed by atoms with Gasteiger partial charge in [0.2, 0.25) is 0 Å². The number of amides is 1. The Bertz CT molecular complexity index is 776. The van der Waals surface area contributed by atoms with Crippen LogP contribution in [0.5, 0.6) is 0 Å². The van der Waals surface area contributed by atoms with Crippen molar-refractivity contribution in [2.24, 2.45) is 0 Å². The van der Waals surface area contributed by atoms with Gasteiger partial charge in [0.15, 0.2) is 11.8 Å². The summed E-state index contributed by atoms with van der Waals surface area (Å²) in [6.07, 6.45) is -3.19. The van der Waals surface area contributed by atoms with Crippen molar-refractivity contribution in [3.8, 4) is 0 Å². The maximum absolute atomic E-state index is 12.7. The standard InChI is InChI=1S/C16H14F3N3O3/c1-9-7-21-13(8-20-9)15(24)25-10(2)14(23)22-12-5-3-4-11(6-12)16(17,18)19/h3-8,10H,1-2H3,(H,22,23)/t10-/m1/s1. The number of ether oxygens (including phenoxy) is 1. The third-order valence-electron chi connectivity index (χ3n) is 3.10. The Kier molecular flexibility index (Phi) is 5.35. The van der Waals surface area contributed by atoms with Crippen LogP contribution in [0.15, 0.2) is 36.7 Å². The van der Waals surface area contributed by atoms with Gasteiger partial charge < -0.3 is 10.1 Å². The molecule has 1 amide bonds. The molecule has 0 unspecified atom stereocenters. The maximum atomic E-state index is 12.7. The predicted octanol–water partition coefficient (Wildman–Crippen LogP) is 2.99. The van der Waals surface area contributed by atoms with E-state index in [0.29, 0.717) is 5.69 Å². The van der Waals surface area contributed by atoms with Crippen LogP contribution in [0.3, 0.4) is 0 Å². The fourth-order valence-corrected chi connectivity index (χ4v) is 1.79. The highest BCUT2D eigenvalue weighted by molar-refractivity contribution is 5.96. The van der Waals surface area contributed by atoms with Gasteiger partial charge in [-0.25, -0.2) is 9.78 Å². The fraction of sp³-hybridized carbons (Fsp3) is 0.250. The second-order valence-corrected chi connectivity index (χ2v) is 5.16. The monoisotopic (exact) mass is 353 g/mol. The molecule has 1 heterocycles. The molecular formula is C16H14F3N3O3. The molecule has 132 valence electrons. The van der Waals surface area contributed by atoms with E-state index in [1.165, 1.54) is 25.4 Å². The van der Waals surface area contributed by atoms with Gasteiger partial charge in [0.25, 0.3) is 5.91 Å². The largest absolute Gasteiger partial charge is 0.448 e. The van der Waals surface area contributed by atoms with E-state index in [2.05, 4.69) is 15.3 Å². The second-order valence-electron chi connectivity index (χ2n) is 5.16. The van der Waals surface area contributed by atoms with E-state index < -0.39 is 29.7 Å². The summed E-state index contributed by atoms with van der Waals surface area (Å²) in [5.41, 5.74) is -0.432. The smallest absolute Gasteiger partial charge is 0.416 e. The molecule has 6 nitrogen and oxygen atoms in total. The summed E-state index contributed by atoms with van der Waals surface area (Å²) in [5, 5.41) is 2.27. The Morgan fingerprint density at radius 3 is 2.52 bits per heavy atom. The van der Waals surface area contributed by atoms with E-state index in [1.807, 2.05) is 0 Å². The zero-order valence-electron chi connectivity index (χ0n) is 13.3. The van der Waals surface area contributed by atoms with Gasteiger partial charge in [-0.15, -0.1) is 0 Å². The van der Waals surface area contributed by atoms with Crippen LogP contribution in [0.1, 0.15) is 28.7 Å². The molecule has 0 radical (unpaired) electrons. The molecule has 1 aromatic heterocycles. The molecular weight excluding hydrogens is 339 g/mol. The minimum absolute atomic E-state index is 0.0575. The number of nitrogens with one attached hydrogen (secondary N) is 1. The molecule has 9 heteroatoms. The summed E-state index contributed by atoms with van der Waals surface area (Å²) in [5.74, 6) is -1.63. The number of esters is 1. The SMILES string of the molecule is Cc1cnc(C(=O)O[C@H](C)C(=O)Nc2cccc(C(F)(F)F)c2)cn1. The zero-order valence-corrected chi connectivity index (χ0v) is 13.3. The maximum Gasteiger partial charge on any atom is 0.416 e. The normalized spacial score (nSPS) is 12.4. The number of aryl methyl sites for hydroxylation is 1. The first-order valence-electron chi connectivity index (χ1n) is 7.14. The van der Waals surface area contributed by atoms with Crippen LogP contribution < -0.4 is 5.32 Å². The van der Waals surface area contributed by atoms with E-state index in [-0.39, 0.29) is 11.4 Å². The number of benzene rings is 1. The van der Waals surface area contributed by atoms with Crippen LogP contribution in [-0.2, 0) is 15.7 Å². The van der Waals surface area contributed by atoms with Crippen LogP contribution in [-0.4, -0.2) is 27.9 Å². The van der Waals surface area contributed by atoms with Gasteiger partial charge in [-0.3, -0.25) is 9.78 Å². The Morgan fingerprint density at radius 1 is 1.20 bits per heavy atom. The average molecular weight is 353 g/mol. The number of alkyl halides is 3. The number of nitrogens with zero attached hydrogens (tertiary/aromatic N) is 2. The Hall–Kier alpha value is -2.97. The van der Waals surface area contributed by atoms with Gasteiger partial charge >= 0.3 is 12.1 Å². The number of aromatic nitrogens is 2. The summed E-state index contributed by atoms with van der Waals surface area (Å²) in [4.78, 5) is 31.5. The number of anilines is 1. The average Bonchev–Trinajstić information content (AvgIpc) is 2.54. The number of carbonyl (C=O) groups is 2. The molecule has 1 aromatic carbocycles. The highest BCUT2D eigenvalue weighted by Gasteiger charge is 2.30. The van der Waals surface area contributed by atoms with Crippen LogP contribution in [0.4, 0.5) is 18.9 Å². The first kappa shape index (κ1) is 18.4. The topological polar surface area (TPSA) is 81.2 Å². The van der Waals surface area contributed by atoms with Gasteiger partial charge in [-0.2, -0.15) is 13.2 Å². The number of halogens is 3. The predicted molar refractivity (Wildman–Crippen MR) is 81.7 cm³/mol. The molecule has 2 aromatic rings. The summed E-state index contributed by atoms with van der Waals surface area (Å²) in [6.45, 7) is 2.98. The molecule has 1 N–H and O–H groups in total. The first-order chi connectivity index (χ1) is 11.7. The lowest BCUT2D eigenvalue weighted by atomic mass is 10.2. The summed E-state index contributed by atoms with van der Waals surface area (Å²) in [7, 11) is 0. The van der Waals surface area contributed by atoms with Crippen molar-refractivity contribution in [3.05, 3.63) is 53.6 Å². The third kappa shape index (κ3) is 5.00. The lowest BCUT2D eigenvalue weighted by molar-refractivity contribution is -0.137. The van der Waals surface area contributed by atoms with Crippen LogP contribution >= 0.6 is 0 Å². The van der Waals surface area contributed by atoms with Gasteiger partial charge in [-0.1, -0.05) is 6.07 Å². The quantitative estimate of drug-likeness (QED) is 0.855. The molecule has 0 aliphatic heterocycles. The van der Waals surface area contributed by atoms with Gasteiger partial charge in [0, 0.05) is 11.9 Å². The van der Waals surface area contributed by atoms with E-state index in [0.717, 1.165) is 18.2 Å². The minimum Gasteiger partial charge on any atom is -0.448 e. The van der Waals surface area contributed by atoms with E-state index >= 15 is 0 Å². The van der Waals surface area contributed by atoms with E-state index in [1.54, 1.807) is 6.92 Å². The molecule has 0 spiro atoms. The van der Waals surface area contributed by atoms with Gasteiger partial charge in [0.1, 0.15) is 0 Å². The number of rotatable bonds is 4. The second kappa shape index (κ2) is 7.29. The Balaban J connectivity index is 2.01. The molecule has 0 saturated heterocycles. The van der Waals surface area contributed by atoms with E-state index in [9.17, 15) is 22.8 Å². The van der Waals surface area contributed by atoms with Crippen LogP contribution in [0, 0.1) is 6.92 Å². The first-order valence-corrected chi connectivity index (χ1v) is 7.14. The number of hydrogen-bond acceptors (Lipinski definition) is 5. The molecule has 2 rings (SSSR count). The Morgan fingerprint density at radius 2 is 1.92 bits per heavy atom. The van der Waals surface area contributed by atoms with Crippen molar-refractivity contribution < 1.29 is 27.5 Å². The molecule has 0 aliphatic rings.